The van der Waals surface area contributed by atoms with E-state index >= 15 is 0 Å². The summed E-state index contributed by atoms with van der Waals surface area (Å²) in [5, 5.41) is 0.808. The zero-order valence-corrected chi connectivity index (χ0v) is 19.1. The van der Waals surface area contributed by atoms with E-state index in [2.05, 4.69) is 58.7 Å². The largest absolute Gasteiger partial charge is 0.347 e. The van der Waals surface area contributed by atoms with Crippen molar-refractivity contribution in [3.63, 3.8) is 0 Å². The van der Waals surface area contributed by atoms with Crippen molar-refractivity contribution in [1.29, 1.82) is 0 Å². The summed E-state index contributed by atoms with van der Waals surface area (Å²) in [6.07, 6.45) is 2.91. The lowest BCUT2D eigenvalue weighted by atomic mass is 10.1. The highest BCUT2D eigenvalue weighted by molar-refractivity contribution is 9.10. The molecule has 1 heterocycles. The Morgan fingerprint density at radius 3 is 2.31 bits per heavy atom. The van der Waals surface area contributed by atoms with Crippen molar-refractivity contribution >= 4 is 36.9 Å². The van der Waals surface area contributed by atoms with Crippen molar-refractivity contribution in [1.82, 2.24) is 8.87 Å². The average Bonchev–Trinajstić information content (AvgIpc) is 2.83. The minimum atomic E-state index is -3.26. The summed E-state index contributed by atoms with van der Waals surface area (Å²) >= 11 is 3.56. The van der Waals surface area contributed by atoms with Crippen LogP contribution in [0.15, 0.2) is 28.9 Å². The number of hydrogen-bond acceptors (Lipinski definition) is 2. The molecule has 0 aliphatic carbocycles. The van der Waals surface area contributed by atoms with E-state index in [1.54, 1.807) is 18.2 Å². The minimum Gasteiger partial charge on any atom is -0.347 e. The summed E-state index contributed by atoms with van der Waals surface area (Å²) in [5.74, 6) is 0.547. The molecule has 0 amide bonds. The molecule has 2 rings (SSSR count). The smallest absolute Gasteiger partial charge is 0.216 e. The maximum absolute atomic E-state index is 12.7. The predicted molar refractivity (Wildman–Crippen MR) is 114 cm³/mol. The van der Waals surface area contributed by atoms with Gasteiger partial charge in [0.05, 0.1) is 5.25 Å². The molecule has 0 atom stereocenters. The van der Waals surface area contributed by atoms with E-state index in [1.807, 2.05) is 13.8 Å². The topological polar surface area (TPSA) is 42.3 Å². The van der Waals surface area contributed by atoms with Gasteiger partial charge in [-0.1, -0.05) is 35.8 Å². The molecular formula is C20H31BrN2O2S. The number of rotatable bonds is 8. The Balaban J connectivity index is 2.35. The molecule has 0 saturated carbocycles. The molecule has 0 aliphatic rings. The molecule has 2 aromatic rings. The summed E-state index contributed by atoms with van der Waals surface area (Å²) in [5.41, 5.74) is 2.41. The van der Waals surface area contributed by atoms with Gasteiger partial charge in [-0.3, -0.25) is 0 Å². The molecule has 0 radical (unpaired) electrons. The van der Waals surface area contributed by atoms with Crippen LogP contribution >= 0.6 is 15.9 Å². The first-order valence-corrected chi connectivity index (χ1v) is 11.6. The number of aromatic nitrogens is 1. The summed E-state index contributed by atoms with van der Waals surface area (Å²) < 4.78 is 30.3. The highest BCUT2D eigenvalue weighted by Gasteiger charge is 2.28. The third-order valence-corrected chi connectivity index (χ3v) is 7.53. The van der Waals surface area contributed by atoms with Crippen molar-refractivity contribution in [2.75, 3.05) is 6.54 Å². The fourth-order valence-corrected chi connectivity index (χ4v) is 5.09. The molecule has 4 nitrogen and oxygen atoms in total. The lowest BCUT2D eigenvalue weighted by Crippen LogP contribution is -2.42. The molecule has 146 valence electrons. The lowest BCUT2D eigenvalue weighted by molar-refractivity contribution is 0.354. The third kappa shape index (κ3) is 4.70. The Labute approximate surface area is 166 Å². The maximum atomic E-state index is 12.7. The third-order valence-electron chi connectivity index (χ3n) is 4.59. The zero-order chi connectivity index (χ0) is 19.6. The number of nitrogens with zero attached hydrogens (tertiary/aromatic N) is 2. The van der Waals surface area contributed by atoms with Gasteiger partial charge in [0.25, 0.3) is 0 Å². The van der Waals surface area contributed by atoms with Crippen molar-refractivity contribution in [2.45, 2.75) is 65.8 Å². The highest BCUT2D eigenvalue weighted by atomic mass is 79.9. The Morgan fingerprint density at radius 1 is 1.12 bits per heavy atom. The van der Waals surface area contributed by atoms with E-state index in [1.165, 1.54) is 16.5 Å². The summed E-state index contributed by atoms with van der Waals surface area (Å²) in [4.78, 5) is 0. The predicted octanol–water partition coefficient (Wildman–Crippen LogP) is 5.05. The normalized spacial score (nSPS) is 13.0. The van der Waals surface area contributed by atoms with Crippen molar-refractivity contribution in [2.24, 2.45) is 5.92 Å². The van der Waals surface area contributed by atoms with Gasteiger partial charge in [0.2, 0.25) is 10.0 Å². The van der Waals surface area contributed by atoms with Gasteiger partial charge < -0.3 is 4.57 Å². The quantitative estimate of drug-likeness (QED) is 0.573. The molecule has 0 N–H and O–H groups in total. The summed E-state index contributed by atoms with van der Waals surface area (Å²) in [6, 6.07) is 6.28. The fraction of sp³-hybridized carbons (Fsp3) is 0.600. The number of benzene rings is 1. The standard InChI is InChI=1S/C20H31BrN2O2S/c1-14(2)12-22-13-17(19-8-7-18(21)11-20(19)22)9-10-23(15(3)4)26(24,25)16(5)6/h7-8,11,13-16H,9-10,12H2,1-6H3. The molecule has 0 bridgehead atoms. The molecule has 0 fully saturated rings. The van der Waals surface area contributed by atoms with Crippen LogP contribution in [-0.4, -0.2) is 35.1 Å². The van der Waals surface area contributed by atoms with Crippen molar-refractivity contribution < 1.29 is 8.42 Å². The van der Waals surface area contributed by atoms with Crippen LogP contribution in [0, 0.1) is 5.92 Å². The van der Waals surface area contributed by atoms with Gasteiger partial charge >= 0.3 is 0 Å². The molecule has 1 aromatic carbocycles. The average molecular weight is 443 g/mol. The first-order chi connectivity index (χ1) is 12.0. The van der Waals surface area contributed by atoms with E-state index in [-0.39, 0.29) is 6.04 Å². The fourth-order valence-electron chi connectivity index (χ4n) is 3.27. The van der Waals surface area contributed by atoms with Crippen LogP contribution in [0.2, 0.25) is 0 Å². The lowest BCUT2D eigenvalue weighted by Gasteiger charge is -2.27. The molecule has 0 unspecified atom stereocenters. The molecule has 0 saturated heterocycles. The van der Waals surface area contributed by atoms with Crippen molar-refractivity contribution in [3.05, 3.63) is 34.4 Å². The van der Waals surface area contributed by atoms with Crippen molar-refractivity contribution in [3.8, 4) is 0 Å². The molecule has 1 aromatic heterocycles. The van der Waals surface area contributed by atoms with Crippen LogP contribution in [0.3, 0.4) is 0 Å². The van der Waals surface area contributed by atoms with Gasteiger partial charge in [-0.2, -0.15) is 4.31 Å². The summed E-state index contributed by atoms with van der Waals surface area (Å²) in [6.45, 7) is 13.3. The Kier molecular flexibility index (Phi) is 6.97. The molecule has 0 aliphatic heterocycles. The number of fused-ring (bicyclic) bond motifs is 1. The molecule has 26 heavy (non-hydrogen) atoms. The maximum Gasteiger partial charge on any atom is 0.216 e. The van der Waals surface area contributed by atoms with E-state index in [0.717, 1.165) is 11.0 Å². The van der Waals surface area contributed by atoms with Gasteiger partial charge in [-0.15, -0.1) is 0 Å². The van der Waals surface area contributed by atoms with E-state index in [0.29, 0.717) is 18.9 Å². The van der Waals surface area contributed by atoms with Gasteiger partial charge in [-0.05, 0) is 57.7 Å². The van der Waals surface area contributed by atoms with Gasteiger partial charge in [0, 0.05) is 40.7 Å². The van der Waals surface area contributed by atoms with Crippen LogP contribution < -0.4 is 0 Å². The van der Waals surface area contributed by atoms with Gasteiger partial charge in [-0.25, -0.2) is 8.42 Å². The number of sulfonamides is 1. The number of halogens is 1. The Bertz CT molecular complexity index is 854. The van der Waals surface area contributed by atoms with Crippen LogP contribution in [0.4, 0.5) is 0 Å². The highest BCUT2D eigenvalue weighted by Crippen LogP contribution is 2.27. The van der Waals surface area contributed by atoms with Crippen LogP contribution in [0.1, 0.15) is 47.1 Å². The zero-order valence-electron chi connectivity index (χ0n) is 16.7. The SMILES string of the molecule is CC(C)Cn1cc(CCN(C(C)C)S(=O)(=O)C(C)C)c2ccc(Br)cc21. The Hall–Kier alpha value is -0.850. The van der Waals surface area contributed by atoms with E-state index in [9.17, 15) is 8.42 Å². The molecular weight excluding hydrogens is 412 g/mol. The van der Waals surface area contributed by atoms with Gasteiger partial charge in [0.15, 0.2) is 0 Å². The minimum absolute atomic E-state index is 0.0411. The molecule has 6 heteroatoms. The number of hydrogen-bond donors (Lipinski definition) is 0. The second kappa shape index (κ2) is 8.44. The second-order valence-electron chi connectivity index (χ2n) is 7.91. The molecule has 0 spiro atoms. The van der Waals surface area contributed by atoms with E-state index < -0.39 is 15.3 Å². The second-order valence-corrected chi connectivity index (χ2v) is 11.3. The monoisotopic (exact) mass is 442 g/mol. The van der Waals surface area contributed by atoms with Crippen LogP contribution in [-0.2, 0) is 23.0 Å². The summed E-state index contributed by atoms with van der Waals surface area (Å²) in [7, 11) is -3.26. The van der Waals surface area contributed by atoms with Gasteiger partial charge in [0.1, 0.15) is 0 Å². The van der Waals surface area contributed by atoms with Crippen LogP contribution in [0.5, 0.6) is 0 Å². The Morgan fingerprint density at radius 2 is 1.77 bits per heavy atom. The first kappa shape index (κ1) is 21.5. The first-order valence-electron chi connectivity index (χ1n) is 9.32. The van der Waals surface area contributed by atoms with E-state index in [4.69, 9.17) is 0 Å². The van der Waals surface area contributed by atoms with Crippen LogP contribution in [0.25, 0.3) is 10.9 Å².